The summed E-state index contributed by atoms with van der Waals surface area (Å²) in [4.78, 5) is 0. The number of benzene rings is 1. The molecule has 1 aromatic carbocycles. The van der Waals surface area contributed by atoms with E-state index in [0.717, 1.165) is 0 Å². The molecule has 0 aliphatic heterocycles. The fourth-order valence-corrected chi connectivity index (χ4v) is 0.385. The van der Waals surface area contributed by atoms with Crippen molar-refractivity contribution in [1.29, 1.82) is 0 Å². The summed E-state index contributed by atoms with van der Waals surface area (Å²) in [6.07, 6.45) is 0. The van der Waals surface area contributed by atoms with Gasteiger partial charge in [-0.25, -0.2) is 0 Å². The molecule has 0 bridgehead atoms. The Morgan fingerprint density at radius 2 is 1.27 bits per heavy atom. The zero-order chi connectivity index (χ0) is 8.53. The van der Waals surface area contributed by atoms with Crippen molar-refractivity contribution in [2.24, 2.45) is 0 Å². The molecule has 0 N–H and O–H groups in total. The van der Waals surface area contributed by atoms with Gasteiger partial charge in [0.1, 0.15) is 0 Å². The predicted octanol–water partition coefficient (Wildman–Crippen LogP) is 1.57. The van der Waals surface area contributed by atoms with Crippen LogP contribution in [0.5, 0.6) is 0 Å². The van der Waals surface area contributed by atoms with E-state index < -0.39 is 11.1 Å². The molecule has 0 heterocycles. The second kappa shape index (κ2) is 7.44. The van der Waals surface area contributed by atoms with Gasteiger partial charge in [-0.2, -0.15) is 0 Å². The molecule has 1 atom stereocenters. The first-order chi connectivity index (χ1) is 5.27. The average molecular weight is 171 g/mol. The Hall–Kier alpha value is -0.670. The lowest BCUT2D eigenvalue weighted by Crippen LogP contribution is -1.85. The van der Waals surface area contributed by atoms with Gasteiger partial charge in [-0.1, -0.05) is 54.4 Å². The Balaban J connectivity index is 0.000000187. The van der Waals surface area contributed by atoms with Crippen molar-refractivity contribution >= 4 is 11.1 Å². The second-order valence-corrected chi connectivity index (χ2v) is 2.93. The second-order valence-electron chi connectivity index (χ2n) is 1.75. The van der Waals surface area contributed by atoms with Crippen molar-refractivity contribution in [2.45, 2.75) is 6.92 Å². The lowest BCUT2D eigenvalue weighted by molar-refractivity contribution is 0.538. The molecule has 0 saturated carbocycles. The van der Waals surface area contributed by atoms with Crippen LogP contribution in [0.2, 0.25) is 0 Å². The van der Waals surface area contributed by atoms with E-state index in [1.54, 1.807) is 6.92 Å². The topological polar surface area (TPSA) is 40.1 Å². The molecule has 3 heteroatoms. The van der Waals surface area contributed by atoms with Gasteiger partial charge in [0.05, 0.1) is 0 Å². The third kappa shape index (κ3) is 9.33. The SMILES string of the molecule is CCS(=O)[O-].c1ccccc1. The third-order valence-electron chi connectivity index (χ3n) is 0.902. The highest BCUT2D eigenvalue weighted by Gasteiger charge is 1.62. The Morgan fingerprint density at radius 1 is 1.09 bits per heavy atom. The molecule has 0 aliphatic carbocycles. The van der Waals surface area contributed by atoms with Crippen LogP contribution in [0.3, 0.4) is 0 Å². The van der Waals surface area contributed by atoms with Crippen molar-refractivity contribution in [3.63, 3.8) is 0 Å². The molecule has 1 aromatic rings. The summed E-state index contributed by atoms with van der Waals surface area (Å²) >= 11 is -1.82. The minimum Gasteiger partial charge on any atom is -0.772 e. The van der Waals surface area contributed by atoms with Crippen molar-refractivity contribution < 1.29 is 8.76 Å². The molecule has 0 aromatic heterocycles. The van der Waals surface area contributed by atoms with Crippen molar-refractivity contribution in [3.05, 3.63) is 36.4 Å². The summed E-state index contributed by atoms with van der Waals surface area (Å²) in [6.45, 7) is 1.59. The number of hydrogen-bond acceptors (Lipinski definition) is 2. The van der Waals surface area contributed by atoms with Crippen LogP contribution < -0.4 is 0 Å². The first-order valence-corrected chi connectivity index (χ1v) is 4.57. The predicted molar refractivity (Wildman–Crippen MR) is 45.9 cm³/mol. The molecule has 0 amide bonds. The average Bonchev–Trinajstić information content (AvgIpc) is 2.09. The van der Waals surface area contributed by atoms with Crippen molar-refractivity contribution in [1.82, 2.24) is 0 Å². The van der Waals surface area contributed by atoms with E-state index in [1.807, 2.05) is 36.4 Å². The maximum absolute atomic E-state index is 9.37. The fourth-order valence-electron chi connectivity index (χ4n) is 0.385. The van der Waals surface area contributed by atoms with Gasteiger partial charge < -0.3 is 4.55 Å². The summed E-state index contributed by atoms with van der Waals surface area (Å²) in [6, 6.07) is 12.0. The standard InChI is InChI=1S/C6H6.C2H6O2S/c1-2-4-6-5-3-1;1-2-5(3)4/h1-6H;2H2,1H3,(H,3,4)/p-1. The van der Waals surface area contributed by atoms with Crippen LogP contribution in [-0.2, 0) is 11.1 Å². The van der Waals surface area contributed by atoms with E-state index in [4.69, 9.17) is 0 Å². The normalized spacial score (nSPS) is 11.1. The minimum atomic E-state index is -1.82. The molecule has 1 unspecified atom stereocenters. The molecule has 11 heavy (non-hydrogen) atoms. The lowest BCUT2D eigenvalue weighted by atomic mass is 10.4. The van der Waals surface area contributed by atoms with E-state index in [-0.39, 0.29) is 5.75 Å². The zero-order valence-corrected chi connectivity index (χ0v) is 7.21. The van der Waals surface area contributed by atoms with E-state index >= 15 is 0 Å². The van der Waals surface area contributed by atoms with Crippen LogP contribution >= 0.6 is 0 Å². The van der Waals surface area contributed by atoms with Crippen LogP contribution in [-0.4, -0.2) is 14.5 Å². The van der Waals surface area contributed by atoms with Gasteiger partial charge in [-0.3, -0.25) is 4.21 Å². The highest BCUT2D eigenvalue weighted by molar-refractivity contribution is 7.79. The molecule has 1 rings (SSSR count). The number of rotatable bonds is 1. The third-order valence-corrected chi connectivity index (χ3v) is 1.37. The van der Waals surface area contributed by atoms with Gasteiger partial charge in [0.2, 0.25) is 0 Å². The van der Waals surface area contributed by atoms with E-state index in [0.29, 0.717) is 0 Å². The fraction of sp³-hybridized carbons (Fsp3) is 0.250. The van der Waals surface area contributed by atoms with E-state index in [9.17, 15) is 8.76 Å². The molecule has 2 nitrogen and oxygen atoms in total. The van der Waals surface area contributed by atoms with Gasteiger partial charge in [0, 0.05) is 5.75 Å². The quantitative estimate of drug-likeness (QED) is 0.602. The number of hydrogen-bond donors (Lipinski definition) is 0. The molecule has 0 saturated heterocycles. The van der Waals surface area contributed by atoms with Crippen LogP contribution in [0.25, 0.3) is 0 Å². The smallest absolute Gasteiger partial charge is 0.00731 e. The lowest BCUT2D eigenvalue weighted by Gasteiger charge is -1.93. The Bertz CT molecular complexity index is 160. The van der Waals surface area contributed by atoms with Crippen LogP contribution in [0.4, 0.5) is 0 Å². The Morgan fingerprint density at radius 3 is 1.36 bits per heavy atom. The molecular weight excluding hydrogens is 160 g/mol. The van der Waals surface area contributed by atoms with Gasteiger partial charge in [-0.15, -0.1) is 0 Å². The summed E-state index contributed by atoms with van der Waals surface area (Å²) in [5.74, 6) is 0.222. The molecule has 0 aliphatic rings. The Kier molecular flexibility index (Phi) is 6.98. The molecule has 62 valence electrons. The van der Waals surface area contributed by atoms with Crippen LogP contribution in [0.15, 0.2) is 36.4 Å². The summed E-state index contributed by atoms with van der Waals surface area (Å²) in [5, 5.41) is 0. The molecule has 0 fully saturated rings. The van der Waals surface area contributed by atoms with E-state index in [2.05, 4.69) is 0 Å². The van der Waals surface area contributed by atoms with E-state index in [1.165, 1.54) is 0 Å². The van der Waals surface area contributed by atoms with Crippen molar-refractivity contribution in [3.8, 4) is 0 Å². The van der Waals surface area contributed by atoms with Crippen molar-refractivity contribution in [2.75, 3.05) is 5.75 Å². The first-order valence-electron chi connectivity index (χ1n) is 3.33. The largest absolute Gasteiger partial charge is 0.772 e. The molecule has 0 radical (unpaired) electrons. The summed E-state index contributed by atoms with van der Waals surface area (Å²) < 4.78 is 18.7. The summed E-state index contributed by atoms with van der Waals surface area (Å²) in [7, 11) is 0. The summed E-state index contributed by atoms with van der Waals surface area (Å²) in [5.41, 5.74) is 0. The van der Waals surface area contributed by atoms with Gasteiger partial charge in [0.25, 0.3) is 0 Å². The highest BCUT2D eigenvalue weighted by atomic mass is 32.2. The van der Waals surface area contributed by atoms with Gasteiger partial charge in [-0.05, 0) is 0 Å². The zero-order valence-electron chi connectivity index (χ0n) is 6.40. The maximum Gasteiger partial charge on any atom is 0.00731 e. The van der Waals surface area contributed by atoms with Gasteiger partial charge >= 0.3 is 0 Å². The molecule has 0 spiro atoms. The molecular formula is C8H11O2S-. The minimum absolute atomic E-state index is 0.222. The van der Waals surface area contributed by atoms with Crippen LogP contribution in [0, 0.1) is 0 Å². The first kappa shape index (κ1) is 10.3. The van der Waals surface area contributed by atoms with Gasteiger partial charge in [0.15, 0.2) is 0 Å². The Labute approximate surface area is 69.5 Å². The maximum atomic E-state index is 9.37. The highest BCUT2D eigenvalue weighted by Crippen LogP contribution is 1.79. The monoisotopic (exact) mass is 171 g/mol. The van der Waals surface area contributed by atoms with Crippen LogP contribution in [0.1, 0.15) is 6.92 Å².